The maximum atomic E-state index is 11.8. The van der Waals surface area contributed by atoms with Crippen LogP contribution in [0.5, 0.6) is 0 Å². The van der Waals surface area contributed by atoms with Crippen LogP contribution in [0.25, 0.3) is 0 Å². The third-order valence-electron chi connectivity index (χ3n) is 2.53. The van der Waals surface area contributed by atoms with Crippen molar-refractivity contribution in [3.05, 3.63) is 33.9 Å². The molecule has 0 aliphatic rings. The fourth-order valence-electron chi connectivity index (χ4n) is 1.57. The number of carbonyl (C=O) groups is 1. The minimum absolute atomic E-state index is 0.123. The van der Waals surface area contributed by atoms with Gasteiger partial charge in [0.05, 0.1) is 11.5 Å². The average Bonchev–Trinajstić information content (AvgIpc) is 3.22. The zero-order chi connectivity index (χ0) is 17.6. The number of hydrogen-bond donors (Lipinski definition) is 3. The Kier molecular flexibility index (Phi) is 5.67. The highest BCUT2D eigenvalue weighted by Gasteiger charge is 2.11. The summed E-state index contributed by atoms with van der Waals surface area (Å²) < 4.78 is 5.43. The SMILES string of the molecule is Nc1cc(=O)[nH]c(SCc2nnc(SCC(=O)Nc3nccs3)o2)n1. The van der Waals surface area contributed by atoms with Gasteiger partial charge >= 0.3 is 0 Å². The second-order valence-corrected chi connectivity index (χ2v) is 7.19. The van der Waals surface area contributed by atoms with Crippen LogP contribution < -0.4 is 16.6 Å². The van der Waals surface area contributed by atoms with Crippen LogP contribution in [0.4, 0.5) is 10.9 Å². The summed E-state index contributed by atoms with van der Waals surface area (Å²) in [5.41, 5.74) is 5.18. The number of anilines is 2. The molecule has 0 aromatic carbocycles. The Labute approximate surface area is 153 Å². The number of nitrogens with one attached hydrogen (secondary N) is 2. The molecule has 0 bridgehead atoms. The van der Waals surface area contributed by atoms with Crippen LogP contribution in [0.1, 0.15) is 5.89 Å². The first-order chi connectivity index (χ1) is 12.1. The van der Waals surface area contributed by atoms with Crippen LogP contribution in [-0.2, 0) is 10.5 Å². The zero-order valence-corrected chi connectivity index (χ0v) is 14.9. The van der Waals surface area contributed by atoms with Gasteiger partial charge in [-0.15, -0.1) is 21.5 Å². The molecule has 0 unspecified atom stereocenters. The molecular weight excluding hydrogens is 386 g/mol. The number of thiazole rings is 1. The first-order valence-electron chi connectivity index (χ1n) is 6.72. The third-order valence-corrected chi connectivity index (χ3v) is 4.89. The van der Waals surface area contributed by atoms with Gasteiger partial charge in [-0.1, -0.05) is 23.5 Å². The highest BCUT2D eigenvalue weighted by Crippen LogP contribution is 2.22. The van der Waals surface area contributed by atoms with Crippen LogP contribution in [-0.4, -0.2) is 36.8 Å². The molecule has 0 aliphatic heterocycles. The molecule has 3 aromatic rings. The van der Waals surface area contributed by atoms with Crippen molar-refractivity contribution >= 4 is 51.7 Å². The van der Waals surface area contributed by atoms with E-state index < -0.39 is 0 Å². The first kappa shape index (κ1) is 17.4. The minimum Gasteiger partial charge on any atom is -0.415 e. The van der Waals surface area contributed by atoms with Gasteiger partial charge in [0.2, 0.25) is 11.8 Å². The van der Waals surface area contributed by atoms with Crippen LogP contribution in [0, 0.1) is 0 Å². The molecular formula is C12H11N7O3S3. The van der Waals surface area contributed by atoms with Crippen LogP contribution in [0.3, 0.4) is 0 Å². The lowest BCUT2D eigenvalue weighted by atomic mass is 10.6. The largest absolute Gasteiger partial charge is 0.415 e. The molecule has 0 spiro atoms. The number of aromatic amines is 1. The molecule has 4 N–H and O–H groups in total. The summed E-state index contributed by atoms with van der Waals surface area (Å²) >= 11 is 3.66. The van der Waals surface area contributed by atoms with Crippen molar-refractivity contribution in [1.29, 1.82) is 0 Å². The predicted molar refractivity (Wildman–Crippen MR) is 94.6 cm³/mol. The number of carbonyl (C=O) groups excluding carboxylic acids is 1. The Morgan fingerprint density at radius 3 is 3.04 bits per heavy atom. The summed E-state index contributed by atoms with van der Waals surface area (Å²) in [5.74, 6) is 0.705. The van der Waals surface area contributed by atoms with E-state index >= 15 is 0 Å². The predicted octanol–water partition coefficient (Wildman–Crippen LogP) is 1.21. The Bertz CT molecular complexity index is 909. The molecule has 25 heavy (non-hydrogen) atoms. The normalized spacial score (nSPS) is 10.7. The average molecular weight is 397 g/mol. The summed E-state index contributed by atoms with van der Waals surface area (Å²) in [6.07, 6.45) is 1.61. The van der Waals surface area contributed by atoms with E-state index in [1.807, 2.05) is 0 Å². The van der Waals surface area contributed by atoms with Crippen LogP contribution in [0.2, 0.25) is 0 Å². The van der Waals surface area contributed by atoms with Crippen molar-refractivity contribution in [2.24, 2.45) is 0 Å². The second kappa shape index (κ2) is 8.13. The number of nitrogen functional groups attached to an aromatic ring is 1. The molecule has 0 aliphatic carbocycles. The third kappa shape index (κ3) is 5.30. The Hall–Kier alpha value is -2.38. The van der Waals surface area contributed by atoms with E-state index in [0.29, 0.717) is 21.9 Å². The van der Waals surface area contributed by atoms with E-state index in [2.05, 4.69) is 30.5 Å². The van der Waals surface area contributed by atoms with Crippen molar-refractivity contribution in [3.63, 3.8) is 0 Å². The van der Waals surface area contributed by atoms with Crippen LogP contribution >= 0.6 is 34.9 Å². The molecule has 3 aromatic heterocycles. The number of aromatic nitrogens is 5. The molecule has 13 heteroatoms. The quantitative estimate of drug-likeness (QED) is 0.391. The monoisotopic (exact) mass is 397 g/mol. The molecule has 1 amide bonds. The Morgan fingerprint density at radius 1 is 1.40 bits per heavy atom. The van der Waals surface area contributed by atoms with E-state index in [0.717, 1.165) is 11.8 Å². The minimum atomic E-state index is -0.331. The van der Waals surface area contributed by atoms with Crippen molar-refractivity contribution in [2.45, 2.75) is 16.1 Å². The molecule has 3 rings (SSSR count). The number of hydrogen-bond acceptors (Lipinski definition) is 11. The summed E-state index contributed by atoms with van der Waals surface area (Å²) in [4.78, 5) is 33.6. The number of nitrogens with zero attached hydrogens (tertiary/aromatic N) is 4. The molecule has 3 heterocycles. The van der Waals surface area contributed by atoms with E-state index in [1.54, 1.807) is 11.6 Å². The summed E-state index contributed by atoms with van der Waals surface area (Å²) in [7, 11) is 0. The van der Waals surface area contributed by atoms with Gasteiger partial charge in [-0.25, -0.2) is 9.97 Å². The smallest absolute Gasteiger partial charge is 0.277 e. The highest BCUT2D eigenvalue weighted by molar-refractivity contribution is 7.99. The lowest BCUT2D eigenvalue weighted by molar-refractivity contribution is -0.113. The molecule has 0 saturated heterocycles. The van der Waals surface area contributed by atoms with Crippen molar-refractivity contribution in [3.8, 4) is 0 Å². The maximum absolute atomic E-state index is 11.8. The van der Waals surface area contributed by atoms with Crippen molar-refractivity contribution in [1.82, 2.24) is 25.1 Å². The molecule has 0 radical (unpaired) electrons. The van der Waals surface area contributed by atoms with Gasteiger partial charge in [0.1, 0.15) is 5.82 Å². The van der Waals surface area contributed by atoms with Gasteiger partial charge < -0.3 is 20.5 Å². The van der Waals surface area contributed by atoms with E-state index in [9.17, 15) is 9.59 Å². The topological polar surface area (TPSA) is 153 Å². The van der Waals surface area contributed by atoms with Gasteiger partial charge in [-0.05, 0) is 0 Å². The fourth-order valence-corrected chi connectivity index (χ4v) is 3.42. The maximum Gasteiger partial charge on any atom is 0.277 e. The molecule has 0 fully saturated rings. The number of rotatable bonds is 7. The zero-order valence-electron chi connectivity index (χ0n) is 12.5. The highest BCUT2D eigenvalue weighted by atomic mass is 32.2. The van der Waals surface area contributed by atoms with E-state index in [-0.39, 0.29) is 28.3 Å². The van der Waals surface area contributed by atoms with Gasteiger partial charge in [0, 0.05) is 17.6 Å². The lowest BCUT2D eigenvalue weighted by Crippen LogP contribution is -2.13. The van der Waals surface area contributed by atoms with E-state index in [1.165, 1.54) is 29.2 Å². The first-order valence-corrected chi connectivity index (χ1v) is 9.58. The standard InChI is InChI=1S/C12H11N7O3S3/c13-6-3-7(20)16-11(15-6)24-5-9-18-19-12(22-9)25-4-8(21)17-10-14-1-2-23-10/h1-3H,4-5H2,(H,14,17,21)(H3,13,15,16,20). The summed E-state index contributed by atoms with van der Waals surface area (Å²) in [6, 6.07) is 1.20. The van der Waals surface area contributed by atoms with Crippen molar-refractivity contribution in [2.75, 3.05) is 16.8 Å². The van der Waals surface area contributed by atoms with Crippen LogP contribution in [0.15, 0.2) is 37.2 Å². The van der Waals surface area contributed by atoms with Gasteiger partial charge in [0.25, 0.3) is 10.8 Å². The second-order valence-electron chi connectivity index (χ2n) is 4.40. The Morgan fingerprint density at radius 2 is 2.28 bits per heavy atom. The summed E-state index contributed by atoms with van der Waals surface area (Å²) in [6.45, 7) is 0. The molecule has 10 nitrogen and oxygen atoms in total. The molecule has 0 saturated carbocycles. The van der Waals surface area contributed by atoms with Gasteiger partial charge in [0.15, 0.2) is 10.3 Å². The molecule has 130 valence electrons. The number of amides is 1. The van der Waals surface area contributed by atoms with Crippen molar-refractivity contribution < 1.29 is 9.21 Å². The number of thioether (sulfide) groups is 2. The van der Waals surface area contributed by atoms with Gasteiger partial charge in [-0.3, -0.25) is 9.59 Å². The molecule has 0 atom stereocenters. The van der Waals surface area contributed by atoms with Gasteiger partial charge in [-0.2, -0.15) is 0 Å². The number of H-pyrrole nitrogens is 1. The lowest BCUT2D eigenvalue weighted by Gasteiger charge is -1.99. The van der Waals surface area contributed by atoms with E-state index in [4.69, 9.17) is 10.2 Å². The Balaban J connectivity index is 1.48. The number of nitrogens with two attached hydrogens (primary N) is 1. The fraction of sp³-hybridized carbons (Fsp3) is 0.167. The summed E-state index contributed by atoms with van der Waals surface area (Å²) in [5, 5.41) is 13.3.